The zero-order valence-electron chi connectivity index (χ0n) is 22.3. The second kappa shape index (κ2) is 12.3. The Morgan fingerprint density at radius 2 is 0.974 bits per heavy atom. The lowest BCUT2D eigenvalue weighted by Gasteiger charge is -2.20. The molecule has 0 aliphatic rings. The zero-order chi connectivity index (χ0) is 27.1. The molecule has 6 heteroatoms. The van der Waals surface area contributed by atoms with Gasteiger partial charge in [-0.2, -0.15) is 0 Å². The van der Waals surface area contributed by atoms with Crippen LogP contribution in [0.25, 0.3) is 10.8 Å². The third-order valence-corrected chi connectivity index (χ3v) is 6.36. The Morgan fingerprint density at radius 1 is 0.605 bits per heavy atom. The lowest BCUT2D eigenvalue weighted by molar-refractivity contribution is -0.123. The van der Waals surface area contributed by atoms with Gasteiger partial charge in [0, 0.05) is 22.1 Å². The third kappa shape index (κ3) is 6.51. The van der Waals surface area contributed by atoms with E-state index < -0.39 is 12.2 Å². The number of ether oxygens (including phenoxy) is 2. The molecule has 0 spiro atoms. The normalized spacial score (nSPS) is 12.4. The zero-order valence-corrected chi connectivity index (χ0v) is 22.3. The largest absolute Gasteiger partial charge is 0.481 e. The van der Waals surface area contributed by atoms with Gasteiger partial charge in [0.15, 0.2) is 12.2 Å². The molecule has 2 N–H and O–H groups in total. The molecule has 0 heterocycles. The molecule has 0 saturated carbocycles. The number of benzene rings is 4. The minimum Gasteiger partial charge on any atom is -0.481 e. The first-order chi connectivity index (χ1) is 18.4. The topological polar surface area (TPSA) is 76.7 Å². The van der Waals surface area contributed by atoms with Crippen LogP contribution in [0.5, 0.6) is 11.5 Å². The van der Waals surface area contributed by atoms with E-state index in [1.165, 1.54) is 0 Å². The fourth-order valence-corrected chi connectivity index (χ4v) is 4.16. The Balaban J connectivity index is 1.50. The van der Waals surface area contributed by atoms with Crippen molar-refractivity contribution in [1.29, 1.82) is 0 Å². The van der Waals surface area contributed by atoms with Gasteiger partial charge >= 0.3 is 0 Å². The van der Waals surface area contributed by atoms with Crippen molar-refractivity contribution in [2.75, 3.05) is 10.6 Å². The van der Waals surface area contributed by atoms with Crippen molar-refractivity contribution in [1.82, 2.24) is 0 Å². The van der Waals surface area contributed by atoms with E-state index in [1.807, 2.05) is 113 Å². The van der Waals surface area contributed by atoms with E-state index in [2.05, 4.69) is 10.6 Å². The Bertz CT molecular complexity index is 1290. The number of hydrogen-bond donors (Lipinski definition) is 2. The van der Waals surface area contributed by atoms with Crippen molar-refractivity contribution in [2.45, 2.75) is 52.7 Å². The summed E-state index contributed by atoms with van der Waals surface area (Å²) in [4.78, 5) is 26.2. The molecule has 0 fully saturated rings. The fourth-order valence-electron chi connectivity index (χ4n) is 4.16. The number of amides is 2. The molecule has 0 aliphatic heterocycles. The summed E-state index contributed by atoms with van der Waals surface area (Å²) in [5.41, 5.74) is 3.55. The van der Waals surface area contributed by atoms with Gasteiger partial charge in [0.05, 0.1) is 0 Å². The average molecular weight is 511 g/mol. The average Bonchev–Trinajstić information content (AvgIpc) is 2.92. The van der Waals surface area contributed by atoms with Gasteiger partial charge in [0.1, 0.15) is 11.5 Å². The Kier molecular flexibility index (Phi) is 8.64. The monoisotopic (exact) mass is 510 g/mol. The minimum atomic E-state index is -0.639. The van der Waals surface area contributed by atoms with Crippen LogP contribution in [0.3, 0.4) is 0 Å². The van der Waals surface area contributed by atoms with Gasteiger partial charge in [-0.15, -0.1) is 0 Å². The molecule has 6 nitrogen and oxygen atoms in total. The van der Waals surface area contributed by atoms with Crippen molar-refractivity contribution in [3.63, 3.8) is 0 Å². The fraction of sp³-hybridized carbons (Fsp3) is 0.250. The molecule has 0 unspecified atom stereocenters. The molecule has 4 aromatic carbocycles. The summed E-state index contributed by atoms with van der Waals surface area (Å²) in [6.07, 6.45) is -0.240. The van der Waals surface area contributed by atoms with Crippen LogP contribution in [-0.2, 0) is 9.59 Å². The molecular formula is C32H34N2O4. The highest BCUT2D eigenvalue weighted by atomic mass is 16.5. The van der Waals surface area contributed by atoms with Crippen LogP contribution in [-0.4, -0.2) is 24.0 Å². The van der Waals surface area contributed by atoms with Crippen molar-refractivity contribution in [2.24, 2.45) is 0 Å². The number of nitrogens with one attached hydrogen (secondary N) is 2. The molecule has 0 bridgehead atoms. The molecule has 4 rings (SSSR count). The van der Waals surface area contributed by atoms with Crippen LogP contribution in [0.1, 0.15) is 37.8 Å². The Hall–Kier alpha value is -4.32. The molecular weight excluding hydrogens is 476 g/mol. The van der Waals surface area contributed by atoms with Gasteiger partial charge in [-0.05, 0) is 63.1 Å². The van der Waals surface area contributed by atoms with Crippen LogP contribution in [0.15, 0.2) is 84.9 Å². The van der Waals surface area contributed by atoms with E-state index in [0.717, 1.165) is 21.9 Å². The first-order valence-electron chi connectivity index (χ1n) is 13.0. The maximum atomic E-state index is 13.1. The standard InChI is InChI=1S/C32H34N2O4/c1-5-29(37-23-17-13-21(3)14-18-23)31(35)33-27-11-7-10-26-25(27)9-8-12-28(26)34-32(36)30(6-2)38-24-19-15-22(4)16-20-24/h7-20,29-30H,5-6H2,1-4H3,(H,33,35)(H,34,36)/t29-,30-/m0/s1. The van der Waals surface area contributed by atoms with E-state index in [0.29, 0.717) is 35.7 Å². The highest BCUT2D eigenvalue weighted by Gasteiger charge is 2.21. The Morgan fingerprint density at radius 3 is 1.32 bits per heavy atom. The van der Waals surface area contributed by atoms with E-state index in [1.54, 1.807) is 0 Å². The quantitative estimate of drug-likeness (QED) is 0.240. The molecule has 4 aromatic rings. The Labute approximate surface area is 224 Å². The van der Waals surface area contributed by atoms with Gasteiger partial charge in [0.2, 0.25) is 0 Å². The van der Waals surface area contributed by atoms with E-state index in [4.69, 9.17) is 9.47 Å². The van der Waals surface area contributed by atoms with Crippen LogP contribution in [0, 0.1) is 13.8 Å². The highest BCUT2D eigenvalue weighted by molar-refractivity contribution is 6.10. The highest BCUT2D eigenvalue weighted by Crippen LogP contribution is 2.30. The SMILES string of the molecule is CC[C@H](Oc1ccc(C)cc1)C(=O)Nc1cccc2c(NC(=O)[C@H](CC)Oc3ccc(C)cc3)cccc12. The van der Waals surface area contributed by atoms with Crippen LogP contribution < -0.4 is 20.1 Å². The molecule has 0 saturated heterocycles. The number of aryl methyl sites for hydroxylation is 2. The second-order valence-electron chi connectivity index (χ2n) is 9.34. The summed E-state index contributed by atoms with van der Waals surface area (Å²) in [5, 5.41) is 7.67. The van der Waals surface area contributed by atoms with Crippen molar-refractivity contribution in [3.8, 4) is 11.5 Å². The molecule has 0 aromatic heterocycles. The third-order valence-electron chi connectivity index (χ3n) is 6.36. The summed E-state index contributed by atoms with van der Waals surface area (Å²) < 4.78 is 11.9. The summed E-state index contributed by atoms with van der Waals surface area (Å²) in [7, 11) is 0. The number of carbonyl (C=O) groups excluding carboxylic acids is 2. The number of carbonyl (C=O) groups is 2. The number of fused-ring (bicyclic) bond motifs is 1. The van der Waals surface area contributed by atoms with Crippen LogP contribution >= 0.6 is 0 Å². The van der Waals surface area contributed by atoms with Gasteiger partial charge in [-0.3, -0.25) is 9.59 Å². The summed E-state index contributed by atoms with van der Waals surface area (Å²) >= 11 is 0. The van der Waals surface area contributed by atoms with E-state index >= 15 is 0 Å². The maximum Gasteiger partial charge on any atom is 0.265 e. The lowest BCUT2D eigenvalue weighted by atomic mass is 10.1. The first kappa shape index (κ1) is 26.7. The van der Waals surface area contributed by atoms with Crippen molar-refractivity contribution >= 4 is 34.0 Å². The molecule has 38 heavy (non-hydrogen) atoms. The summed E-state index contributed by atoms with van der Waals surface area (Å²) in [6, 6.07) is 26.5. The summed E-state index contributed by atoms with van der Waals surface area (Å²) in [5.74, 6) is 0.845. The van der Waals surface area contributed by atoms with Crippen LogP contribution in [0.4, 0.5) is 11.4 Å². The first-order valence-corrected chi connectivity index (χ1v) is 13.0. The predicted octanol–water partition coefficient (Wildman–Crippen LogP) is 7.05. The predicted molar refractivity (Wildman–Crippen MR) is 153 cm³/mol. The molecule has 2 atom stereocenters. The number of hydrogen-bond acceptors (Lipinski definition) is 4. The molecule has 2 amide bonds. The van der Waals surface area contributed by atoms with Gasteiger partial charge in [-0.25, -0.2) is 0 Å². The number of anilines is 2. The second-order valence-corrected chi connectivity index (χ2v) is 9.34. The summed E-state index contributed by atoms with van der Waals surface area (Å²) in [6.45, 7) is 7.84. The van der Waals surface area contributed by atoms with Crippen molar-refractivity contribution < 1.29 is 19.1 Å². The number of rotatable bonds is 10. The van der Waals surface area contributed by atoms with E-state index in [-0.39, 0.29) is 11.8 Å². The smallest absolute Gasteiger partial charge is 0.265 e. The minimum absolute atomic E-state index is 0.229. The van der Waals surface area contributed by atoms with E-state index in [9.17, 15) is 9.59 Å². The van der Waals surface area contributed by atoms with Crippen molar-refractivity contribution in [3.05, 3.63) is 96.1 Å². The van der Waals surface area contributed by atoms with Gasteiger partial charge < -0.3 is 20.1 Å². The molecule has 0 radical (unpaired) electrons. The maximum absolute atomic E-state index is 13.1. The molecule has 196 valence electrons. The van der Waals surface area contributed by atoms with Gasteiger partial charge in [-0.1, -0.05) is 73.5 Å². The lowest BCUT2D eigenvalue weighted by Crippen LogP contribution is -2.32. The van der Waals surface area contributed by atoms with Gasteiger partial charge in [0.25, 0.3) is 11.8 Å². The molecule has 0 aliphatic carbocycles. The van der Waals surface area contributed by atoms with Crippen LogP contribution in [0.2, 0.25) is 0 Å².